The predicted molar refractivity (Wildman–Crippen MR) is 85.8 cm³/mol. The van der Waals surface area contributed by atoms with Crippen LogP contribution in [-0.4, -0.2) is 42.0 Å². The van der Waals surface area contributed by atoms with Crippen molar-refractivity contribution in [1.29, 1.82) is 0 Å². The third-order valence-electron chi connectivity index (χ3n) is 3.74. The van der Waals surface area contributed by atoms with Gasteiger partial charge in [0.05, 0.1) is 0 Å². The molecule has 2 aromatic rings. The van der Waals surface area contributed by atoms with E-state index < -0.39 is 0 Å². The lowest BCUT2D eigenvalue weighted by molar-refractivity contribution is 0.0746. The summed E-state index contributed by atoms with van der Waals surface area (Å²) < 4.78 is 0. The molecular weight excluding hydrogens is 284 g/mol. The Balaban J connectivity index is 1.67. The van der Waals surface area contributed by atoms with Crippen LogP contribution in [0.5, 0.6) is 0 Å². The molecule has 110 valence electrons. The molecule has 1 aliphatic heterocycles. The summed E-state index contributed by atoms with van der Waals surface area (Å²) in [6.45, 7) is 5.03. The molecule has 0 atom stereocenters. The molecular formula is C15H18N4OS. The third-order valence-corrected chi connectivity index (χ3v) is 4.57. The summed E-state index contributed by atoms with van der Waals surface area (Å²) in [6.07, 6.45) is 1.81. The number of anilines is 2. The maximum atomic E-state index is 12.6. The van der Waals surface area contributed by atoms with Gasteiger partial charge in [0.2, 0.25) is 0 Å². The van der Waals surface area contributed by atoms with Gasteiger partial charge < -0.3 is 15.5 Å². The van der Waals surface area contributed by atoms with Gasteiger partial charge in [0, 0.05) is 49.0 Å². The number of carbonyl (C=O) groups is 1. The van der Waals surface area contributed by atoms with Crippen molar-refractivity contribution in [3.05, 3.63) is 40.9 Å². The number of aromatic nitrogens is 1. The molecule has 1 aromatic heterocycles. The largest absolute Gasteiger partial charge is 0.399 e. The maximum Gasteiger partial charge on any atom is 0.254 e. The van der Waals surface area contributed by atoms with Crippen molar-refractivity contribution >= 4 is 28.1 Å². The summed E-state index contributed by atoms with van der Waals surface area (Å²) in [4.78, 5) is 21.0. The van der Waals surface area contributed by atoms with E-state index in [0.29, 0.717) is 5.69 Å². The van der Waals surface area contributed by atoms with E-state index in [1.54, 1.807) is 17.4 Å². The molecule has 0 spiro atoms. The third kappa shape index (κ3) is 2.85. The van der Waals surface area contributed by atoms with E-state index in [1.807, 2.05) is 35.5 Å². The van der Waals surface area contributed by atoms with Gasteiger partial charge in [-0.25, -0.2) is 4.98 Å². The van der Waals surface area contributed by atoms with Crippen molar-refractivity contribution in [3.8, 4) is 0 Å². The van der Waals surface area contributed by atoms with Gasteiger partial charge in [-0.15, -0.1) is 11.3 Å². The summed E-state index contributed by atoms with van der Waals surface area (Å²) >= 11 is 1.64. The molecule has 1 aromatic carbocycles. The fourth-order valence-corrected chi connectivity index (χ4v) is 3.27. The van der Waals surface area contributed by atoms with E-state index in [9.17, 15) is 4.79 Å². The topological polar surface area (TPSA) is 62.5 Å². The van der Waals surface area contributed by atoms with E-state index in [0.717, 1.165) is 42.4 Å². The zero-order chi connectivity index (χ0) is 14.8. The second-order valence-electron chi connectivity index (χ2n) is 5.17. The average Bonchev–Trinajstić information content (AvgIpc) is 3.01. The van der Waals surface area contributed by atoms with Gasteiger partial charge >= 0.3 is 0 Å². The second kappa shape index (κ2) is 5.73. The lowest BCUT2D eigenvalue weighted by atomic mass is 10.1. The van der Waals surface area contributed by atoms with Crippen LogP contribution < -0.4 is 10.6 Å². The molecule has 1 aliphatic rings. The number of rotatable bonds is 2. The number of piperazine rings is 1. The Kier molecular flexibility index (Phi) is 3.79. The van der Waals surface area contributed by atoms with Crippen LogP contribution in [0.3, 0.4) is 0 Å². The van der Waals surface area contributed by atoms with Gasteiger partial charge in [0.25, 0.3) is 5.91 Å². The SMILES string of the molecule is Cc1cc(N)ccc1C(=O)N1CCN(c2nccs2)CC1. The first kappa shape index (κ1) is 13.9. The summed E-state index contributed by atoms with van der Waals surface area (Å²) in [6, 6.07) is 5.45. The summed E-state index contributed by atoms with van der Waals surface area (Å²) in [7, 11) is 0. The van der Waals surface area contributed by atoms with Gasteiger partial charge in [0.15, 0.2) is 5.13 Å². The lowest BCUT2D eigenvalue weighted by Crippen LogP contribution is -2.48. The van der Waals surface area contributed by atoms with E-state index in [4.69, 9.17) is 5.73 Å². The van der Waals surface area contributed by atoms with Gasteiger partial charge in [-0.3, -0.25) is 4.79 Å². The number of nitrogens with zero attached hydrogens (tertiary/aromatic N) is 3. The lowest BCUT2D eigenvalue weighted by Gasteiger charge is -2.34. The first-order valence-electron chi connectivity index (χ1n) is 6.95. The van der Waals surface area contributed by atoms with Crippen molar-refractivity contribution in [2.75, 3.05) is 36.8 Å². The van der Waals surface area contributed by atoms with Gasteiger partial charge in [-0.1, -0.05) is 0 Å². The molecule has 1 saturated heterocycles. The standard InChI is InChI=1S/C15H18N4OS/c1-11-10-12(16)2-3-13(11)14(20)18-5-7-19(8-6-18)15-17-4-9-21-15/h2-4,9-10H,5-8,16H2,1H3. The first-order valence-corrected chi connectivity index (χ1v) is 7.83. The Bertz CT molecular complexity index is 633. The fourth-order valence-electron chi connectivity index (χ4n) is 2.57. The van der Waals surface area contributed by atoms with Crippen LogP contribution in [0, 0.1) is 6.92 Å². The minimum atomic E-state index is 0.0892. The Morgan fingerprint density at radius 3 is 2.67 bits per heavy atom. The van der Waals surface area contributed by atoms with E-state index in [2.05, 4.69) is 9.88 Å². The van der Waals surface area contributed by atoms with Gasteiger partial charge in [0.1, 0.15) is 0 Å². The van der Waals surface area contributed by atoms with Crippen LogP contribution in [0.25, 0.3) is 0 Å². The molecule has 0 saturated carbocycles. The van der Waals surface area contributed by atoms with Crippen molar-refractivity contribution in [3.63, 3.8) is 0 Å². The Hall–Kier alpha value is -2.08. The van der Waals surface area contributed by atoms with Crippen LogP contribution in [0.4, 0.5) is 10.8 Å². The van der Waals surface area contributed by atoms with Crippen LogP contribution in [0.1, 0.15) is 15.9 Å². The minimum absolute atomic E-state index is 0.0892. The Morgan fingerprint density at radius 2 is 2.05 bits per heavy atom. The molecule has 1 amide bonds. The normalized spacial score (nSPS) is 15.3. The van der Waals surface area contributed by atoms with Crippen molar-refractivity contribution in [2.45, 2.75) is 6.92 Å². The minimum Gasteiger partial charge on any atom is -0.399 e. The van der Waals surface area contributed by atoms with Gasteiger partial charge in [-0.05, 0) is 30.7 Å². The number of aryl methyl sites for hydroxylation is 1. The molecule has 3 rings (SSSR count). The molecule has 21 heavy (non-hydrogen) atoms. The maximum absolute atomic E-state index is 12.6. The second-order valence-corrected chi connectivity index (χ2v) is 6.04. The van der Waals surface area contributed by atoms with Crippen LogP contribution >= 0.6 is 11.3 Å². The monoisotopic (exact) mass is 302 g/mol. The highest BCUT2D eigenvalue weighted by Crippen LogP contribution is 2.20. The van der Waals surface area contributed by atoms with E-state index in [1.165, 1.54) is 0 Å². The number of nitrogen functional groups attached to an aromatic ring is 1. The van der Waals surface area contributed by atoms with Crippen LogP contribution in [0.15, 0.2) is 29.8 Å². The Labute approximate surface area is 128 Å². The van der Waals surface area contributed by atoms with Crippen molar-refractivity contribution < 1.29 is 4.79 Å². The number of hydrogen-bond donors (Lipinski definition) is 1. The number of nitrogens with two attached hydrogens (primary N) is 1. The smallest absolute Gasteiger partial charge is 0.254 e. The summed E-state index contributed by atoms with van der Waals surface area (Å²) in [5.41, 5.74) is 8.11. The zero-order valence-electron chi connectivity index (χ0n) is 12.0. The highest BCUT2D eigenvalue weighted by molar-refractivity contribution is 7.13. The van der Waals surface area contributed by atoms with E-state index in [-0.39, 0.29) is 5.91 Å². The molecule has 0 bridgehead atoms. The molecule has 2 heterocycles. The van der Waals surface area contributed by atoms with Crippen LogP contribution in [-0.2, 0) is 0 Å². The zero-order valence-corrected chi connectivity index (χ0v) is 12.8. The molecule has 0 radical (unpaired) electrons. The number of hydrogen-bond acceptors (Lipinski definition) is 5. The fraction of sp³-hybridized carbons (Fsp3) is 0.333. The molecule has 2 N–H and O–H groups in total. The number of amides is 1. The summed E-state index contributed by atoms with van der Waals surface area (Å²) in [5, 5.41) is 3.01. The number of carbonyl (C=O) groups excluding carboxylic acids is 1. The predicted octanol–water partition coefficient (Wildman–Crippen LogP) is 2.00. The molecule has 5 nitrogen and oxygen atoms in total. The van der Waals surface area contributed by atoms with E-state index >= 15 is 0 Å². The highest BCUT2D eigenvalue weighted by atomic mass is 32.1. The van der Waals surface area contributed by atoms with Crippen LogP contribution in [0.2, 0.25) is 0 Å². The van der Waals surface area contributed by atoms with Crippen molar-refractivity contribution in [2.24, 2.45) is 0 Å². The average molecular weight is 302 g/mol. The number of benzene rings is 1. The van der Waals surface area contributed by atoms with Gasteiger partial charge in [-0.2, -0.15) is 0 Å². The molecule has 1 fully saturated rings. The molecule has 0 unspecified atom stereocenters. The number of thiazole rings is 1. The molecule has 6 heteroatoms. The molecule has 0 aliphatic carbocycles. The van der Waals surface area contributed by atoms with Crippen molar-refractivity contribution in [1.82, 2.24) is 9.88 Å². The quantitative estimate of drug-likeness (QED) is 0.862. The Morgan fingerprint density at radius 1 is 1.29 bits per heavy atom. The summed E-state index contributed by atoms with van der Waals surface area (Å²) in [5.74, 6) is 0.0892. The first-order chi connectivity index (χ1) is 10.1. The highest BCUT2D eigenvalue weighted by Gasteiger charge is 2.24.